The van der Waals surface area contributed by atoms with E-state index in [0.717, 1.165) is 25.9 Å². The third-order valence-electron chi connectivity index (χ3n) is 6.42. The Hall–Kier alpha value is -3.49. The summed E-state index contributed by atoms with van der Waals surface area (Å²) in [6.07, 6.45) is 8.37. The van der Waals surface area contributed by atoms with Gasteiger partial charge in [-0.3, -0.25) is 9.88 Å². The van der Waals surface area contributed by atoms with Gasteiger partial charge in [0.1, 0.15) is 0 Å². The lowest BCUT2D eigenvalue weighted by Crippen LogP contribution is -2.50. The van der Waals surface area contributed by atoms with E-state index in [9.17, 15) is 0 Å². The first-order chi connectivity index (χ1) is 15.9. The van der Waals surface area contributed by atoms with Crippen molar-refractivity contribution >= 4 is 6.08 Å². The molecule has 1 aliphatic rings. The van der Waals surface area contributed by atoms with Crippen molar-refractivity contribution < 1.29 is 0 Å². The fraction of sp³-hybridized carbons (Fsp3) is 0.167. The predicted molar refractivity (Wildman–Crippen MR) is 132 cm³/mol. The molecule has 2 heteroatoms. The van der Waals surface area contributed by atoms with Crippen molar-refractivity contribution in [3.63, 3.8) is 0 Å². The largest absolute Gasteiger partial charge is 0.282 e. The smallest absolute Gasteiger partial charge is 0.0975 e. The van der Waals surface area contributed by atoms with E-state index in [2.05, 4.69) is 113 Å². The van der Waals surface area contributed by atoms with Crippen LogP contribution in [0.1, 0.15) is 35.1 Å². The quantitative estimate of drug-likeness (QED) is 0.343. The summed E-state index contributed by atoms with van der Waals surface area (Å²) in [7, 11) is 0. The molecule has 2 nitrogen and oxygen atoms in total. The summed E-state index contributed by atoms with van der Waals surface area (Å²) in [5.74, 6) is 0. The molecule has 0 saturated carbocycles. The zero-order valence-corrected chi connectivity index (χ0v) is 18.3. The third-order valence-corrected chi connectivity index (χ3v) is 6.42. The summed E-state index contributed by atoms with van der Waals surface area (Å²) in [5.41, 5.74) is 6.20. The molecule has 1 aliphatic heterocycles. The number of nitrogens with zero attached hydrogens (tertiary/aromatic N) is 2. The molecule has 2 heterocycles. The minimum atomic E-state index is -0.349. The van der Waals surface area contributed by atoms with Crippen molar-refractivity contribution in [3.8, 4) is 0 Å². The second-order valence-corrected chi connectivity index (χ2v) is 8.42. The summed E-state index contributed by atoms with van der Waals surface area (Å²) in [4.78, 5) is 6.97. The molecule has 32 heavy (non-hydrogen) atoms. The Balaban J connectivity index is 1.68. The van der Waals surface area contributed by atoms with Crippen molar-refractivity contribution in [2.75, 3.05) is 13.1 Å². The molecule has 0 radical (unpaired) electrons. The summed E-state index contributed by atoms with van der Waals surface area (Å²) >= 11 is 0. The van der Waals surface area contributed by atoms with Crippen LogP contribution in [-0.2, 0) is 5.54 Å². The predicted octanol–water partition coefficient (Wildman–Crippen LogP) is 6.55. The van der Waals surface area contributed by atoms with Gasteiger partial charge in [0.15, 0.2) is 0 Å². The van der Waals surface area contributed by atoms with Crippen molar-refractivity contribution in [3.05, 3.63) is 143 Å². The first kappa shape index (κ1) is 20.4. The molecule has 0 aliphatic carbocycles. The van der Waals surface area contributed by atoms with Gasteiger partial charge in [-0.15, -0.1) is 0 Å². The van der Waals surface area contributed by atoms with Crippen molar-refractivity contribution in [2.45, 2.75) is 18.4 Å². The molecule has 3 aromatic carbocycles. The van der Waals surface area contributed by atoms with Gasteiger partial charge in [-0.2, -0.15) is 0 Å². The van der Waals surface area contributed by atoms with E-state index >= 15 is 0 Å². The number of rotatable bonds is 5. The Kier molecular flexibility index (Phi) is 5.96. The molecular formula is C30H28N2. The lowest BCUT2D eigenvalue weighted by molar-refractivity contribution is 0.153. The molecule has 5 rings (SSSR count). The molecule has 1 aromatic heterocycles. The molecule has 4 aromatic rings. The van der Waals surface area contributed by atoms with Gasteiger partial charge in [0.25, 0.3) is 0 Å². The molecule has 0 N–H and O–H groups in total. The van der Waals surface area contributed by atoms with Crippen LogP contribution in [0.3, 0.4) is 0 Å². The van der Waals surface area contributed by atoms with Gasteiger partial charge in [0.05, 0.1) is 5.54 Å². The second-order valence-electron chi connectivity index (χ2n) is 8.42. The van der Waals surface area contributed by atoms with Crippen LogP contribution in [0.25, 0.3) is 6.08 Å². The molecule has 1 fully saturated rings. The fourth-order valence-electron chi connectivity index (χ4n) is 5.09. The van der Waals surface area contributed by atoms with Gasteiger partial charge < -0.3 is 0 Å². The number of benzene rings is 3. The third kappa shape index (κ3) is 3.90. The van der Waals surface area contributed by atoms with Crippen molar-refractivity contribution in [2.24, 2.45) is 0 Å². The van der Waals surface area contributed by atoms with E-state index < -0.39 is 0 Å². The number of likely N-dealkylation sites (tertiary alicyclic amines) is 1. The molecule has 0 amide bonds. The van der Waals surface area contributed by atoms with Crippen LogP contribution in [-0.4, -0.2) is 23.0 Å². The highest BCUT2D eigenvalue weighted by atomic mass is 15.2. The molecule has 0 atom stereocenters. The Morgan fingerprint density at radius 1 is 0.688 bits per heavy atom. The van der Waals surface area contributed by atoms with Crippen LogP contribution in [0.15, 0.2) is 121 Å². The first-order valence-electron chi connectivity index (χ1n) is 11.4. The Labute approximate surface area is 190 Å². The van der Waals surface area contributed by atoms with E-state index in [1.165, 1.54) is 27.8 Å². The maximum atomic E-state index is 4.30. The van der Waals surface area contributed by atoms with Crippen molar-refractivity contribution in [1.29, 1.82) is 0 Å². The lowest BCUT2D eigenvalue weighted by atomic mass is 9.74. The number of hydrogen-bond donors (Lipinski definition) is 0. The summed E-state index contributed by atoms with van der Waals surface area (Å²) in [6, 6.07) is 37.1. The zero-order chi connectivity index (χ0) is 21.6. The molecule has 1 saturated heterocycles. The van der Waals surface area contributed by atoms with Gasteiger partial charge in [0.2, 0.25) is 0 Å². The minimum Gasteiger partial charge on any atom is -0.282 e. The first-order valence-corrected chi connectivity index (χ1v) is 11.4. The van der Waals surface area contributed by atoms with E-state index in [0.29, 0.717) is 0 Å². The summed E-state index contributed by atoms with van der Waals surface area (Å²) < 4.78 is 0. The molecule has 0 spiro atoms. The van der Waals surface area contributed by atoms with E-state index in [1.807, 2.05) is 18.5 Å². The molecule has 158 valence electrons. The van der Waals surface area contributed by atoms with Crippen LogP contribution >= 0.6 is 0 Å². The van der Waals surface area contributed by atoms with E-state index in [-0.39, 0.29) is 5.54 Å². The van der Waals surface area contributed by atoms with Gasteiger partial charge >= 0.3 is 0 Å². The van der Waals surface area contributed by atoms with E-state index in [1.54, 1.807) is 0 Å². The van der Waals surface area contributed by atoms with Gasteiger partial charge in [-0.25, -0.2) is 0 Å². The Morgan fingerprint density at radius 3 is 1.75 bits per heavy atom. The SMILES string of the molecule is C(=C1/CCCN(C(c2ccccc2)(c2ccccc2)c2ccccc2)C1)/c1cccnc1. The highest BCUT2D eigenvalue weighted by molar-refractivity contribution is 5.54. The van der Waals surface area contributed by atoms with Crippen LogP contribution in [0.5, 0.6) is 0 Å². The number of pyridine rings is 1. The second kappa shape index (κ2) is 9.33. The number of piperidine rings is 1. The lowest BCUT2D eigenvalue weighted by Gasteiger charge is -2.48. The Morgan fingerprint density at radius 2 is 1.25 bits per heavy atom. The molecular weight excluding hydrogens is 388 g/mol. The fourth-order valence-corrected chi connectivity index (χ4v) is 5.09. The maximum absolute atomic E-state index is 4.30. The normalized spacial score (nSPS) is 16.2. The number of hydrogen-bond acceptors (Lipinski definition) is 2. The minimum absolute atomic E-state index is 0.349. The van der Waals surface area contributed by atoms with Crippen LogP contribution in [0.4, 0.5) is 0 Å². The highest BCUT2D eigenvalue weighted by Crippen LogP contribution is 2.44. The Bertz CT molecular complexity index is 1060. The van der Waals surface area contributed by atoms with Crippen molar-refractivity contribution in [1.82, 2.24) is 9.88 Å². The topological polar surface area (TPSA) is 16.1 Å². The zero-order valence-electron chi connectivity index (χ0n) is 18.3. The summed E-state index contributed by atoms with van der Waals surface area (Å²) in [5, 5.41) is 0. The highest BCUT2D eigenvalue weighted by Gasteiger charge is 2.42. The summed E-state index contributed by atoms with van der Waals surface area (Å²) in [6.45, 7) is 1.97. The maximum Gasteiger partial charge on any atom is 0.0975 e. The molecule has 0 bridgehead atoms. The molecule has 0 unspecified atom stereocenters. The standard InChI is InChI=1S/C30H28N2/c1-4-14-27(15-5-1)30(28-16-6-2-7-17-28,29-18-8-3-9-19-29)32-21-11-13-26(24-32)22-25-12-10-20-31-23-25/h1-10,12,14-20,22-23H,11,13,21,24H2/b26-22+. The average Bonchev–Trinajstić information content (AvgIpc) is 2.88. The van der Waals surface area contributed by atoms with E-state index in [4.69, 9.17) is 0 Å². The monoisotopic (exact) mass is 416 g/mol. The van der Waals surface area contributed by atoms with Crippen LogP contribution in [0, 0.1) is 0 Å². The van der Waals surface area contributed by atoms with Gasteiger partial charge in [0, 0.05) is 25.5 Å². The van der Waals surface area contributed by atoms with Gasteiger partial charge in [-0.1, -0.05) is 109 Å². The van der Waals surface area contributed by atoms with Crippen LogP contribution in [0.2, 0.25) is 0 Å². The van der Waals surface area contributed by atoms with Crippen LogP contribution < -0.4 is 0 Å². The van der Waals surface area contributed by atoms with Gasteiger partial charge in [-0.05, 0) is 41.2 Å². The number of aromatic nitrogens is 1. The average molecular weight is 417 g/mol.